The molecule has 0 radical (unpaired) electrons. The Hall–Kier alpha value is -0.470. The van der Waals surface area contributed by atoms with E-state index < -0.39 is 0 Å². The molecule has 0 saturated carbocycles. The summed E-state index contributed by atoms with van der Waals surface area (Å²) in [4.78, 5) is 0. The van der Waals surface area contributed by atoms with E-state index in [-0.39, 0.29) is 6.61 Å². The van der Waals surface area contributed by atoms with Crippen LogP contribution in [0.15, 0.2) is 36.4 Å². The summed E-state index contributed by atoms with van der Waals surface area (Å²) in [5.74, 6) is 0.569. The molecular weight excluding hydrogens is 144 g/mol. The van der Waals surface area contributed by atoms with Crippen LogP contribution in [0.4, 0.5) is 0 Å². The van der Waals surface area contributed by atoms with E-state index >= 15 is 0 Å². The largest absolute Gasteiger partial charge is 0.396 e. The second-order valence-corrected chi connectivity index (χ2v) is 2.05. The average Bonchev–Trinajstić information content (AvgIpc) is 2.08. The molecule has 0 aliphatic rings. The average molecular weight is 156 g/mol. The Kier molecular flexibility index (Phi) is 8.13. The lowest BCUT2D eigenvalue weighted by Crippen LogP contribution is -1.76. The summed E-state index contributed by atoms with van der Waals surface area (Å²) in [5.41, 5.74) is 0. The molecule has 0 saturated heterocycles. The van der Waals surface area contributed by atoms with E-state index in [1.54, 1.807) is 0 Å². The molecule has 0 bridgehead atoms. The first-order valence-electron chi connectivity index (χ1n) is 3.13. The van der Waals surface area contributed by atoms with E-state index in [4.69, 9.17) is 5.11 Å². The Morgan fingerprint density at radius 2 is 1.10 bits per heavy atom. The maximum Gasteiger partial charge on any atom is 0.0519 e. The fourth-order valence-electron chi connectivity index (χ4n) is 0.385. The molecule has 1 aromatic carbocycles. The third kappa shape index (κ3) is 7.53. The number of aliphatic hydroxyl groups is 1. The molecule has 0 unspecified atom stereocenters. The highest BCUT2D eigenvalue weighted by molar-refractivity contribution is 7.80. The second kappa shape index (κ2) is 8.53. The van der Waals surface area contributed by atoms with Crippen LogP contribution >= 0.6 is 12.6 Å². The Labute approximate surface area is 67.1 Å². The number of rotatable bonds is 1. The topological polar surface area (TPSA) is 20.2 Å². The van der Waals surface area contributed by atoms with Crippen LogP contribution in [0, 0.1) is 0 Å². The molecule has 1 nitrogen and oxygen atoms in total. The molecule has 0 amide bonds. The van der Waals surface area contributed by atoms with Gasteiger partial charge in [0, 0.05) is 5.75 Å². The quantitative estimate of drug-likeness (QED) is 0.592. The van der Waals surface area contributed by atoms with Crippen molar-refractivity contribution in [2.75, 3.05) is 12.4 Å². The molecule has 10 heavy (non-hydrogen) atoms. The van der Waals surface area contributed by atoms with Crippen molar-refractivity contribution in [1.82, 2.24) is 0 Å². The van der Waals surface area contributed by atoms with E-state index in [9.17, 15) is 0 Å². The maximum atomic E-state index is 7.80. The SMILES string of the molecule is OCCS.c1ccccc1. The first-order valence-corrected chi connectivity index (χ1v) is 3.76. The van der Waals surface area contributed by atoms with Crippen molar-refractivity contribution in [3.63, 3.8) is 0 Å². The first kappa shape index (κ1) is 9.53. The summed E-state index contributed by atoms with van der Waals surface area (Å²) >= 11 is 3.67. The summed E-state index contributed by atoms with van der Waals surface area (Å²) in [7, 11) is 0. The van der Waals surface area contributed by atoms with Crippen molar-refractivity contribution in [1.29, 1.82) is 0 Å². The maximum absolute atomic E-state index is 7.80. The summed E-state index contributed by atoms with van der Waals surface area (Å²) in [6, 6.07) is 12.0. The van der Waals surface area contributed by atoms with Gasteiger partial charge in [-0.05, 0) is 0 Å². The molecule has 0 heterocycles. The first-order chi connectivity index (χ1) is 4.91. The van der Waals surface area contributed by atoms with Crippen molar-refractivity contribution < 1.29 is 5.11 Å². The van der Waals surface area contributed by atoms with E-state index in [1.165, 1.54) is 0 Å². The molecule has 1 aromatic rings. The molecule has 0 aromatic heterocycles. The molecule has 1 rings (SSSR count). The zero-order chi connectivity index (χ0) is 7.66. The fourth-order valence-corrected chi connectivity index (χ4v) is 0.385. The van der Waals surface area contributed by atoms with Crippen LogP contribution in [-0.2, 0) is 0 Å². The molecule has 0 spiro atoms. The van der Waals surface area contributed by atoms with E-state index in [0.29, 0.717) is 5.75 Å². The van der Waals surface area contributed by atoms with Crippen LogP contribution in [-0.4, -0.2) is 17.5 Å². The van der Waals surface area contributed by atoms with E-state index in [0.717, 1.165) is 0 Å². The predicted molar refractivity (Wildman–Crippen MR) is 47.4 cm³/mol. The highest BCUT2D eigenvalue weighted by Gasteiger charge is 1.58. The summed E-state index contributed by atoms with van der Waals surface area (Å²) < 4.78 is 0. The summed E-state index contributed by atoms with van der Waals surface area (Å²) in [5, 5.41) is 7.80. The van der Waals surface area contributed by atoms with Crippen molar-refractivity contribution in [3.8, 4) is 0 Å². The van der Waals surface area contributed by atoms with Gasteiger partial charge in [-0.3, -0.25) is 0 Å². The van der Waals surface area contributed by atoms with Gasteiger partial charge >= 0.3 is 0 Å². The minimum Gasteiger partial charge on any atom is -0.396 e. The zero-order valence-electron chi connectivity index (χ0n) is 5.77. The number of aliphatic hydroxyl groups excluding tert-OH is 1. The highest BCUT2D eigenvalue weighted by atomic mass is 32.1. The second-order valence-electron chi connectivity index (χ2n) is 1.60. The van der Waals surface area contributed by atoms with Gasteiger partial charge < -0.3 is 5.11 Å². The van der Waals surface area contributed by atoms with Crippen molar-refractivity contribution in [2.45, 2.75) is 0 Å². The van der Waals surface area contributed by atoms with E-state index in [1.807, 2.05) is 36.4 Å². The minimum absolute atomic E-state index is 0.184. The third-order valence-electron chi connectivity index (χ3n) is 0.767. The number of benzene rings is 1. The van der Waals surface area contributed by atoms with Crippen LogP contribution in [0.3, 0.4) is 0 Å². The van der Waals surface area contributed by atoms with Gasteiger partial charge in [0.2, 0.25) is 0 Å². The van der Waals surface area contributed by atoms with Crippen LogP contribution in [0.5, 0.6) is 0 Å². The monoisotopic (exact) mass is 156 g/mol. The smallest absolute Gasteiger partial charge is 0.0519 e. The fraction of sp³-hybridized carbons (Fsp3) is 0.250. The highest BCUT2D eigenvalue weighted by Crippen LogP contribution is 1.79. The standard InChI is InChI=1S/C6H6.C2H6OS/c1-2-4-6-5-3-1;3-1-2-4/h1-6H;3-4H,1-2H2. The number of thiol groups is 1. The van der Waals surface area contributed by atoms with Gasteiger partial charge in [-0.25, -0.2) is 0 Å². The minimum atomic E-state index is 0.184. The van der Waals surface area contributed by atoms with Crippen molar-refractivity contribution in [2.24, 2.45) is 0 Å². The van der Waals surface area contributed by atoms with Crippen LogP contribution in [0.25, 0.3) is 0 Å². The molecule has 0 fully saturated rings. The van der Waals surface area contributed by atoms with Gasteiger partial charge in [0.05, 0.1) is 6.61 Å². The lowest BCUT2D eigenvalue weighted by Gasteiger charge is -1.69. The van der Waals surface area contributed by atoms with Gasteiger partial charge in [-0.1, -0.05) is 36.4 Å². The normalized spacial score (nSPS) is 7.80. The van der Waals surface area contributed by atoms with Gasteiger partial charge in [0.25, 0.3) is 0 Å². The Morgan fingerprint density at radius 3 is 1.20 bits per heavy atom. The summed E-state index contributed by atoms with van der Waals surface area (Å²) in [6.07, 6.45) is 0. The molecule has 0 aliphatic carbocycles. The molecular formula is C8H12OS. The lowest BCUT2D eigenvalue weighted by atomic mass is 10.4. The van der Waals surface area contributed by atoms with Crippen LogP contribution < -0.4 is 0 Å². The number of hydrogen-bond acceptors (Lipinski definition) is 2. The Morgan fingerprint density at radius 1 is 0.900 bits per heavy atom. The molecule has 56 valence electrons. The van der Waals surface area contributed by atoms with Gasteiger partial charge in [-0.2, -0.15) is 12.6 Å². The van der Waals surface area contributed by atoms with Gasteiger partial charge in [-0.15, -0.1) is 0 Å². The predicted octanol–water partition coefficient (Wildman–Crippen LogP) is 1.60. The van der Waals surface area contributed by atoms with Crippen LogP contribution in [0.1, 0.15) is 0 Å². The van der Waals surface area contributed by atoms with Gasteiger partial charge in [0.15, 0.2) is 0 Å². The molecule has 0 atom stereocenters. The van der Waals surface area contributed by atoms with E-state index in [2.05, 4.69) is 12.6 Å². The van der Waals surface area contributed by atoms with Crippen LogP contribution in [0.2, 0.25) is 0 Å². The zero-order valence-corrected chi connectivity index (χ0v) is 6.67. The summed E-state index contributed by atoms with van der Waals surface area (Å²) in [6.45, 7) is 0.184. The lowest BCUT2D eigenvalue weighted by molar-refractivity contribution is 0.323. The molecule has 1 N–H and O–H groups in total. The Bertz CT molecular complexity index is 101. The number of hydrogen-bond donors (Lipinski definition) is 2. The van der Waals surface area contributed by atoms with Gasteiger partial charge in [0.1, 0.15) is 0 Å². The Balaban J connectivity index is 0.000000180. The van der Waals surface area contributed by atoms with Crippen molar-refractivity contribution >= 4 is 12.6 Å². The third-order valence-corrected chi connectivity index (χ3v) is 0.967. The molecule has 2 heteroatoms. The molecule has 0 aliphatic heterocycles. The van der Waals surface area contributed by atoms with Crippen molar-refractivity contribution in [3.05, 3.63) is 36.4 Å².